The second-order valence-electron chi connectivity index (χ2n) is 8.64. The predicted octanol–water partition coefficient (Wildman–Crippen LogP) is 3.71. The molecule has 2 rings (SSSR count). The predicted molar refractivity (Wildman–Crippen MR) is 121 cm³/mol. The van der Waals surface area contributed by atoms with Crippen LogP contribution in [-0.4, -0.2) is 34.3 Å². The fourth-order valence-electron chi connectivity index (χ4n) is 3.20. The fourth-order valence-corrected chi connectivity index (χ4v) is 3.20. The molecule has 7 heteroatoms. The number of amides is 2. The van der Waals surface area contributed by atoms with Gasteiger partial charge in [0.25, 0.3) is 11.5 Å². The number of aromatic nitrogens is 1. The van der Waals surface area contributed by atoms with Crippen molar-refractivity contribution in [2.45, 2.75) is 65.1 Å². The Morgan fingerprint density at radius 2 is 1.65 bits per heavy atom. The van der Waals surface area contributed by atoms with Crippen LogP contribution in [0.25, 0.3) is 0 Å². The summed E-state index contributed by atoms with van der Waals surface area (Å²) in [6, 6.07) is 12.8. The number of alkyl carbamates (subject to hydrolysis) is 1. The van der Waals surface area contributed by atoms with E-state index in [0.29, 0.717) is 19.4 Å². The first kappa shape index (κ1) is 24.2. The van der Waals surface area contributed by atoms with Gasteiger partial charge in [-0.2, -0.15) is 0 Å². The summed E-state index contributed by atoms with van der Waals surface area (Å²) >= 11 is 0. The summed E-state index contributed by atoms with van der Waals surface area (Å²) in [7, 11) is 0. The molecule has 0 aliphatic rings. The zero-order valence-electron chi connectivity index (χ0n) is 19.0. The molecule has 7 nitrogen and oxygen atoms in total. The number of pyridine rings is 1. The molecule has 0 unspecified atom stereocenters. The topological polar surface area (TPSA) is 89.4 Å². The number of carbonyl (C=O) groups is 2. The number of benzene rings is 1. The highest BCUT2D eigenvalue weighted by Crippen LogP contribution is 2.16. The first-order valence-electron chi connectivity index (χ1n) is 10.6. The average Bonchev–Trinajstić information content (AvgIpc) is 2.72. The Balaban J connectivity index is 2.16. The molecule has 2 aromatic rings. The van der Waals surface area contributed by atoms with E-state index >= 15 is 0 Å². The van der Waals surface area contributed by atoms with E-state index in [1.807, 2.05) is 44.2 Å². The number of hydrogen-bond donors (Lipinski definition) is 2. The van der Waals surface area contributed by atoms with Gasteiger partial charge in [0.1, 0.15) is 11.2 Å². The van der Waals surface area contributed by atoms with Gasteiger partial charge in [-0.25, -0.2) is 4.79 Å². The van der Waals surface area contributed by atoms with Crippen molar-refractivity contribution < 1.29 is 14.3 Å². The molecule has 1 aromatic carbocycles. The van der Waals surface area contributed by atoms with Crippen molar-refractivity contribution in [3.05, 3.63) is 70.1 Å². The molecule has 0 aliphatic carbocycles. The lowest BCUT2D eigenvalue weighted by molar-refractivity contribution is 0.0501. The number of nitrogens with zero attached hydrogens (tertiary/aromatic N) is 1. The van der Waals surface area contributed by atoms with E-state index in [9.17, 15) is 14.4 Å². The third-order valence-electron chi connectivity index (χ3n) is 5.16. The van der Waals surface area contributed by atoms with Gasteiger partial charge in [0.2, 0.25) is 0 Å². The Morgan fingerprint density at radius 3 is 2.23 bits per heavy atom. The van der Waals surface area contributed by atoms with Crippen molar-refractivity contribution in [1.82, 2.24) is 15.2 Å². The number of hydrogen-bond acceptors (Lipinski definition) is 4. The fraction of sp³-hybridized carbons (Fsp3) is 0.458. The molecule has 0 fully saturated rings. The number of carbonyl (C=O) groups excluding carboxylic acids is 2. The summed E-state index contributed by atoms with van der Waals surface area (Å²) in [4.78, 5) is 38.0. The Kier molecular flexibility index (Phi) is 8.02. The van der Waals surface area contributed by atoms with Crippen LogP contribution in [0.5, 0.6) is 0 Å². The van der Waals surface area contributed by atoms with Gasteiger partial charge in [0.05, 0.1) is 12.1 Å². The standard InChI is InChI=1S/C24H33N3O4/c1-6-24(7-2,17-25-22(30)31-23(3,4)5)26-20(28)19-14-11-15-27(21(19)29)16-18-12-9-8-10-13-18/h8-15H,6-7,16-17H2,1-5H3,(H,25,30)(H,26,28). The van der Waals surface area contributed by atoms with Crippen LogP contribution in [0.1, 0.15) is 63.4 Å². The lowest BCUT2D eigenvalue weighted by Gasteiger charge is -2.33. The average molecular weight is 428 g/mol. The second-order valence-corrected chi connectivity index (χ2v) is 8.64. The molecule has 0 atom stereocenters. The molecular weight excluding hydrogens is 394 g/mol. The maximum atomic E-state index is 13.0. The van der Waals surface area contributed by atoms with Gasteiger partial charge in [-0.3, -0.25) is 9.59 Å². The van der Waals surface area contributed by atoms with Gasteiger partial charge in [0, 0.05) is 12.7 Å². The molecule has 1 heterocycles. The Morgan fingerprint density at radius 1 is 1.00 bits per heavy atom. The van der Waals surface area contributed by atoms with E-state index < -0.39 is 23.1 Å². The molecule has 2 amide bonds. The summed E-state index contributed by atoms with van der Waals surface area (Å²) in [5.74, 6) is -0.456. The van der Waals surface area contributed by atoms with Crippen molar-refractivity contribution in [1.29, 1.82) is 0 Å². The minimum atomic E-state index is -0.694. The van der Waals surface area contributed by atoms with E-state index in [1.54, 1.807) is 33.0 Å². The van der Waals surface area contributed by atoms with Gasteiger partial charge in [-0.1, -0.05) is 44.2 Å². The van der Waals surface area contributed by atoms with Crippen LogP contribution >= 0.6 is 0 Å². The van der Waals surface area contributed by atoms with E-state index in [-0.39, 0.29) is 17.7 Å². The third kappa shape index (κ3) is 6.98. The van der Waals surface area contributed by atoms with Gasteiger partial charge in [0.15, 0.2) is 0 Å². The first-order valence-corrected chi connectivity index (χ1v) is 10.6. The zero-order valence-corrected chi connectivity index (χ0v) is 19.0. The van der Waals surface area contributed by atoms with Crippen molar-refractivity contribution in [3.8, 4) is 0 Å². The largest absolute Gasteiger partial charge is 0.444 e. The molecule has 2 N–H and O–H groups in total. The van der Waals surface area contributed by atoms with Crippen molar-refractivity contribution in [3.63, 3.8) is 0 Å². The SMILES string of the molecule is CCC(CC)(CNC(=O)OC(C)(C)C)NC(=O)c1cccn(Cc2ccccc2)c1=O. The van der Waals surface area contributed by atoms with E-state index in [0.717, 1.165) is 5.56 Å². The minimum absolute atomic E-state index is 0.0713. The smallest absolute Gasteiger partial charge is 0.407 e. The molecule has 0 bridgehead atoms. The van der Waals surface area contributed by atoms with Crippen LogP contribution in [0.3, 0.4) is 0 Å². The Bertz CT molecular complexity index is 941. The molecular formula is C24H33N3O4. The van der Waals surface area contributed by atoms with Gasteiger partial charge in [-0.15, -0.1) is 0 Å². The Labute approximate surface area is 183 Å². The molecule has 1 aromatic heterocycles. The highest BCUT2D eigenvalue weighted by atomic mass is 16.6. The van der Waals surface area contributed by atoms with Crippen molar-refractivity contribution in [2.24, 2.45) is 0 Å². The second kappa shape index (κ2) is 10.3. The van der Waals surface area contributed by atoms with E-state index in [2.05, 4.69) is 10.6 Å². The maximum absolute atomic E-state index is 13.0. The first-order chi connectivity index (χ1) is 14.6. The van der Waals surface area contributed by atoms with Crippen LogP contribution in [0.4, 0.5) is 4.79 Å². The highest BCUT2D eigenvalue weighted by molar-refractivity contribution is 5.94. The monoisotopic (exact) mass is 427 g/mol. The van der Waals surface area contributed by atoms with Crippen LogP contribution in [0, 0.1) is 0 Å². The van der Waals surface area contributed by atoms with Crippen molar-refractivity contribution in [2.75, 3.05) is 6.54 Å². The molecule has 0 aliphatic heterocycles. The summed E-state index contributed by atoms with van der Waals surface area (Å²) in [6.45, 7) is 9.81. The summed E-state index contributed by atoms with van der Waals surface area (Å²) in [6.07, 6.45) is 2.29. The van der Waals surface area contributed by atoms with Gasteiger partial charge < -0.3 is 19.9 Å². The van der Waals surface area contributed by atoms with Crippen LogP contribution in [0.2, 0.25) is 0 Å². The third-order valence-corrected chi connectivity index (χ3v) is 5.16. The van der Waals surface area contributed by atoms with E-state index in [1.165, 1.54) is 10.6 Å². The normalized spacial score (nSPS) is 11.6. The number of nitrogens with one attached hydrogen (secondary N) is 2. The maximum Gasteiger partial charge on any atom is 0.407 e. The quantitative estimate of drug-likeness (QED) is 0.672. The van der Waals surface area contributed by atoms with Crippen molar-refractivity contribution >= 4 is 12.0 Å². The van der Waals surface area contributed by atoms with Gasteiger partial charge in [-0.05, 0) is 51.3 Å². The number of ether oxygens (including phenoxy) is 1. The Hall–Kier alpha value is -3.09. The zero-order chi connectivity index (χ0) is 23.1. The summed E-state index contributed by atoms with van der Waals surface area (Å²) < 4.78 is 6.80. The van der Waals surface area contributed by atoms with Crippen LogP contribution in [-0.2, 0) is 11.3 Å². The van der Waals surface area contributed by atoms with Gasteiger partial charge >= 0.3 is 6.09 Å². The number of rotatable bonds is 8. The molecule has 168 valence electrons. The highest BCUT2D eigenvalue weighted by Gasteiger charge is 2.31. The minimum Gasteiger partial charge on any atom is -0.444 e. The molecule has 0 spiro atoms. The molecule has 0 saturated carbocycles. The van der Waals surface area contributed by atoms with E-state index in [4.69, 9.17) is 4.74 Å². The van der Waals surface area contributed by atoms with Crippen LogP contribution < -0.4 is 16.2 Å². The van der Waals surface area contributed by atoms with Crippen LogP contribution in [0.15, 0.2) is 53.5 Å². The molecule has 31 heavy (non-hydrogen) atoms. The molecule has 0 radical (unpaired) electrons. The summed E-state index contributed by atoms with van der Waals surface area (Å²) in [5, 5.41) is 5.71. The lowest BCUT2D eigenvalue weighted by atomic mass is 9.92. The lowest BCUT2D eigenvalue weighted by Crippen LogP contribution is -2.56. The summed E-state index contributed by atoms with van der Waals surface area (Å²) in [5.41, 5.74) is -0.616. The molecule has 0 saturated heterocycles.